The number of aliphatic hydroxyl groups excluding tert-OH is 2. The number of hydrogen-bond donors (Lipinski definition) is 3. The van der Waals surface area contributed by atoms with Crippen molar-refractivity contribution in [1.82, 2.24) is 15.0 Å². The summed E-state index contributed by atoms with van der Waals surface area (Å²) in [6.45, 7) is 3.47. The summed E-state index contributed by atoms with van der Waals surface area (Å²) in [4.78, 5) is 16.4. The fraction of sp³-hybridized carbons (Fsp3) is 0.550. The number of anilines is 2. The van der Waals surface area contributed by atoms with E-state index < -0.39 is 0 Å². The molecule has 0 amide bonds. The molecule has 2 fully saturated rings. The van der Waals surface area contributed by atoms with Crippen molar-refractivity contribution >= 4 is 35.0 Å². The van der Waals surface area contributed by atoms with Crippen molar-refractivity contribution < 1.29 is 10.2 Å². The van der Waals surface area contributed by atoms with Gasteiger partial charge in [0.05, 0.1) is 23.4 Å². The minimum absolute atomic E-state index is 0.151. The lowest BCUT2D eigenvalue weighted by atomic mass is 9.77. The lowest BCUT2D eigenvalue weighted by Gasteiger charge is -2.40. The molecule has 1 spiro atoms. The molecule has 1 aliphatic carbocycles. The van der Waals surface area contributed by atoms with Crippen molar-refractivity contribution in [2.75, 3.05) is 23.7 Å². The smallest absolute Gasteiger partial charge is 0.153 e. The number of rotatable bonds is 4. The Morgan fingerprint density at radius 1 is 1.31 bits per heavy atom. The third-order valence-electron chi connectivity index (χ3n) is 6.12. The number of aryl methyl sites for hydroxylation is 1. The van der Waals surface area contributed by atoms with Crippen LogP contribution in [0.25, 0.3) is 0 Å². The molecule has 1 atom stereocenters. The lowest BCUT2D eigenvalue weighted by Crippen LogP contribution is -2.40. The van der Waals surface area contributed by atoms with E-state index in [1.54, 1.807) is 12.3 Å². The van der Waals surface area contributed by atoms with Gasteiger partial charge in [-0.25, -0.2) is 15.0 Å². The summed E-state index contributed by atoms with van der Waals surface area (Å²) in [5.41, 5.74) is 7.41. The predicted octanol–water partition coefficient (Wildman–Crippen LogP) is 3.19. The Morgan fingerprint density at radius 2 is 2.07 bits per heavy atom. The fourth-order valence-corrected chi connectivity index (χ4v) is 5.54. The maximum absolute atomic E-state index is 9.94. The predicted molar refractivity (Wildman–Crippen MR) is 114 cm³/mol. The first-order valence-electron chi connectivity index (χ1n) is 9.90. The summed E-state index contributed by atoms with van der Waals surface area (Å²) < 4.78 is 0. The minimum atomic E-state index is -0.178. The van der Waals surface area contributed by atoms with Crippen molar-refractivity contribution in [2.24, 2.45) is 5.41 Å². The number of aromatic nitrogens is 3. The molecule has 156 valence electrons. The molecule has 29 heavy (non-hydrogen) atoms. The summed E-state index contributed by atoms with van der Waals surface area (Å²) in [7, 11) is 0. The highest BCUT2D eigenvalue weighted by molar-refractivity contribution is 7.99. The molecule has 4 N–H and O–H groups in total. The number of piperidine rings is 1. The topological polar surface area (TPSA) is 108 Å². The van der Waals surface area contributed by atoms with Crippen LogP contribution in [0, 0.1) is 12.3 Å². The Bertz CT molecular complexity index is 905. The summed E-state index contributed by atoms with van der Waals surface area (Å²) in [5.74, 6) is 1.03. The Labute approximate surface area is 179 Å². The van der Waals surface area contributed by atoms with Gasteiger partial charge < -0.3 is 20.8 Å². The van der Waals surface area contributed by atoms with Crippen LogP contribution in [0.3, 0.4) is 0 Å². The summed E-state index contributed by atoms with van der Waals surface area (Å²) in [6, 6.07) is 1.79. The third kappa shape index (κ3) is 4.17. The SMILES string of the molecule is Cc1nc(N2CCC3(CC[C@@H](O)C3)CC2)c(CO)nc1Sc1ccnc(N)c1Cl. The van der Waals surface area contributed by atoms with Crippen LogP contribution in [-0.2, 0) is 6.61 Å². The van der Waals surface area contributed by atoms with E-state index in [2.05, 4.69) is 14.9 Å². The number of hydrogen-bond acceptors (Lipinski definition) is 8. The zero-order valence-electron chi connectivity index (χ0n) is 16.4. The van der Waals surface area contributed by atoms with Gasteiger partial charge in [-0.05, 0) is 50.5 Å². The standard InChI is InChI=1S/C20H26ClN5O2S/c1-12-19(29-15-3-7-23-17(22)16(15)21)25-14(11-27)18(24-12)26-8-5-20(6-9-26)4-2-13(28)10-20/h3,7,13,27-28H,2,4-6,8-11H2,1H3,(H2,22,23)/t13-/m1/s1. The van der Waals surface area contributed by atoms with Crippen LogP contribution in [0.5, 0.6) is 0 Å². The van der Waals surface area contributed by atoms with Crippen molar-refractivity contribution in [1.29, 1.82) is 0 Å². The molecule has 2 aromatic rings. The Morgan fingerprint density at radius 3 is 2.72 bits per heavy atom. The molecule has 1 aliphatic heterocycles. The van der Waals surface area contributed by atoms with Crippen LogP contribution < -0.4 is 10.6 Å². The van der Waals surface area contributed by atoms with E-state index in [9.17, 15) is 10.2 Å². The average molecular weight is 436 g/mol. The van der Waals surface area contributed by atoms with E-state index in [0.717, 1.165) is 61.6 Å². The van der Waals surface area contributed by atoms with E-state index in [0.29, 0.717) is 15.7 Å². The molecule has 0 aromatic carbocycles. The number of halogens is 1. The highest BCUT2D eigenvalue weighted by Crippen LogP contribution is 2.47. The van der Waals surface area contributed by atoms with Gasteiger partial charge in [0.15, 0.2) is 5.82 Å². The molecule has 7 nitrogen and oxygen atoms in total. The van der Waals surface area contributed by atoms with E-state index in [1.165, 1.54) is 11.8 Å². The van der Waals surface area contributed by atoms with E-state index in [4.69, 9.17) is 22.3 Å². The molecule has 1 saturated carbocycles. The summed E-state index contributed by atoms with van der Waals surface area (Å²) in [5, 5.41) is 21.0. The molecule has 0 unspecified atom stereocenters. The fourth-order valence-electron chi connectivity index (χ4n) is 4.43. The largest absolute Gasteiger partial charge is 0.393 e. The van der Waals surface area contributed by atoms with Crippen molar-refractivity contribution in [2.45, 2.75) is 61.7 Å². The van der Waals surface area contributed by atoms with Gasteiger partial charge in [-0.3, -0.25) is 0 Å². The second kappa shape index (κ2) is 8.26. The van der Waals surface area contributed by atoms with Gasteiger partial charge in [0.2, 0.25) is 0 Å². The van der Waals surface area contributed by atoms with E-state index in [1.807, 2.05) is 6.92 Å². The first-order valence-corrected chi connectivity index (χ1v) is 11.1. The maximum atomic E-state index is 9.94. The van der Waals surface area contributed by atoms with Crippen molar-refractivity contribution in [3.8, 4) is 0 Å². The molecule has 4 rings (SSSR count). The minimum Gasteiger partial charge on any atom is -0.393 e. The Hall–Kier alpha value is -1.61. The van der Waals surface area contributed by atoms with Crippen LogP contribution in [0.4, 0.5) is 11.6 Å². The van der Waals surface area contributed by atoms with Gasteiger partial charge in [-0.15, -0.1) is 0 Å². The lowest BCUT2D eigenvalue weighted by molar-refractivity contribution is 0.144. The van der Waals surface area contributed by atoms with Gasteiger partial charge in [0.1, 0.15) is 16.5 Å². The first-order chi connectivity index (χ1) is 13.9. The van der Waals surface area contributed by atoms with Gasteiger partial charge in [0.25, 0.3) is 0 Å². The maximum Gasteiger partial charge on any atom is 0.153 e. The second-order valence-corrected chi connectivity index (χ2v) is 9.45. The summed E-state index contributed by atoms with van der Waals surface area (Å²) >= 11 is 7.63. The monoisotopic (exact) mass is 435 g/mol. The first kappa shape index (κ1) is 20.7. The molecule has 0 radical (unpaired) electrons. The molecule has 2 aromatic heterocycles. The molecule has 0 bridgehead atoms. The molecule has 2 aliphatic rings. The van der Waals surface area contributed by atoms with Crippen LogP contribution in [0.2, 0.25) is 5.02 Å². The van der Waals surface area contributed by atoms with E-state index >= 15 is 0 Å². The van der Waals surface area contributed by atoms with Crippen LogP contribution in [0.15, 0.2) is 22.2 Å². The van der Waals surface area contributed by atoms with Crippen LogP contribution in [0.1, 0.15) is 43.5 Å². The van der Waals surface area contributed by atoms with Gasteiger partial charge >= 0.3 is 0 Å². The second-order valence-electron chi connectivity index (χ2n) is 8.04. The quantitative estimate of drug-likeness (QED) is 0.671. The number of pyridine rings is 1. The van der Waals surface area contributed by atoms with Crippen LogP contribution in [-0.4, -0.2) is 44.4 Å². The normalized spacial score (nSPS) is 21.1. The van der Waals surface area contributed by atoms with E-state index in [-0.39, 0.29) is 23.9 Å². The number of nitrogens with two attached hydrogens (primary N) is 1. The Kier molecular flexibility index (Phi) is 5.88. The average Bonchev–Trinajstić information content (AvgIpc) is 3.07. The molecule has 9 heteroatoms. The number of nitrogens with zero attached hydrogens (tertiary/aromatic N) is 4. The van der Waals surface area contributed by atoms with Gasteiger partial charge in [0, 0.05) is 24.2 Å². The molecular weight excluding hydrogens is 410 g/mol. The Balaban J connectivity index is 1.55. The molecular formula is C20H26ClN5O2S. The third-order valence-corrected chi connectivity index (χ3v) is 7.76. The number of aliphatic hydroxyl groups is 2. The zero-order valence-corrected chi connectivity index (χ0v) is 18.0. The zero-order chi connectivity index (χ0) is 20.6. The van der Waals surface area contributed by atoms with Gasteiger partial charge in [-0.1, -0.05) is 23.4 Å². The molecule has 1 saturated heterocycles. The highest BCUT2D eigenvalue weighted by atomic mass is 35.5. The van der Waals surface area contributed by atoms with Gasteiger partial charge in [-0.2, -0.15) is 0 Å². The number of nitrogen functional groups attached to an aromatic ring is 1. The van der Waals surface area contributed by atoms with Crippen LogP contribution >= 0.6 is 23.4 Å². The highest BCUT2D eigenvalue weighted by Gasteiger charge is 2.41. The van der Waals surface area contributed by atoms with Crippen molar-refractivity contribution in [3.05, 3.63) is 28.7 Å². The molecule has 3 heterocycles. The summed E-state index contributed by atoms with van der Waals surface area (Å²) in [6.07, 6.45) is 6.46. The van der Waals surface area contributed by atoms with Crippen molar-refractivity contribution in [3.63, 3.8) is 0 Å².